The van der Waals surface area contributed by atoms with E-state index in [0.29, 0.717) is 19.4 Å². The normalized spacial score (nSPS) is 12.6. The molecule has 3 aromatic carbocycles. The van der Waals surface area contributed by atoms with Crippen LogP contribution in [0.5, 0.6) is 17.2 Å². The van der Waals surface area contributed by atoms with Gasteiger partial charge in [0.15, 0.2) is 0 Å². The fraction of sp³-hybridized carbons (Fsp3) is 0.214. The molecule has 180 valence electrons. The molecule has 0 radical (unpaired) electrons. The van der Waals surface area contributed by atoms with E-state index < -0.39 is 12.0 Å². The molecule has 0 aliphatic rings. The van der Waals surface area contributed by atoms with Crippen molar-refractivity contribution in [3.63, 3.8) is 0 Å². The molecule has 7 nitrogen and oxygen atoms in total. The molecule has 0 fully saturated rings. The SMILES string of the molecule is C[C@H](O)[C@@H](CCc1ccccc1OCc1ccc(Oc2ccccc2)cc1)n1cnc(C(N)=O)c1. The van der Waals surface area contributed by atoms with Crippen LogP contribution in [0.15, 0.2) is 91.4 Å². The number of carbonyl (C=O) groups is 1. The monoisotopic (exact) mass is 471 g/mol. The van der Waals surface area contributed by atoms with Crippen molar-refractivity contribution in [3.8, 4) is 17.2 Å². The van der Waals surface area contributed by atoms with Crippen LogP contribution in [0, 0.1) is 0 Å². The Labute approximate surface area is 204 Å². The van der Waals surface area contributed by atoms with E-state index in [9.17, 15) is 9.90 Å². The number of primary amides is 1. The summed E-state index contributed by atoms with van der Waals surface area (Å²) in [6, 6.07) is 25.1. The van der Waals surface area contributed by atoms with Crippen LogP contribution in [-0.2, 0) is 13.0 Å². The first-order chi connectivity index (χ1) is 17.0. The van der Waals surface area contributed by atoms with Crippen LogP contribution in [0.3, 0.4) is 0 Å². The van der Waals surface area contributed by atoms with E-state index in [1.807, 2.05) is 78.9 Å². The fourth-order valence-electron chi connectivity index (χ4n) is 3.88. The molecule has 0 saturated heterocycles. The highest BCUT2D eigenvalue weighted by Crippen LogP contribution is 2.26. The van der Waals surface area contributed by atoms with Gasteiger partial charge < -0.3 is 24.9 Å². The summed E-state index contributed by atoms with van der Waals surface area (Å²) in [5.41, 5.74) is 7.56. The van der Waals surface area contributed by atoms with E-state index in [1.54, 1.807) is 17.7 Å². The Morgan fingerprint density at radius 3 is 2.37 bits per heavy atom. The highest BCUT2D eigenvalue weighted by molar-refractivity contribution is 5.90. The number of aromatic nitrogens is 2. The summed E-state index contributed by atoms with van der Waals surface area (Å²) in [5, 5.41) is 10.3. The zero-order valence-electron chi connectivity index (χ0n) is 19.6. The van der Waals surface area contributed by atoms with Gasteiger partial charge in [-0.05, 0) is 61.2 Å². The molecule has 3 N–H and O–H groups in total. The number of nitrogens with two attached hydrogens (primary N) is 1. The number of aliphatic hydroxyl groups is 1. The number of hydrogen-bond acceptors (Lipinski definition) is 5. The molecule has 0 aliphatic carbocycles. The molecule has 4 aromatic rings. The number of ether oxygens (including phenoxy) is 2. The van der Waals surface area contributed by atoms with Crippen LogP contribution in [-0.4, -0.2) is 26.7 Å². The molecule has 0 aliphatic heterocycles. The Morgan fingerprint density at radius 2 is 1.69 bits per heavy atom. The Bertz CT molecular complexity index is 1240. The van der Waals surface area contributed by atoms with Crippen LogP contribution in [0.2, 0.25) is 0 Å². The summed E-state index contributed by atoms with van der Waals surface area (Å²) >= 11 is 0. The van der Waals surface area contributed by atoms with Crippen molar-refractivity contribution in [2.24, 2.45) is 5.73 Å². The smallest absolute Gasteiger partial charge is 0.268 e. The van der Waals surface area contributed by atoms with Gasteiger partial charge in [-0.2, -0.15) is 0 Å². The minimum Gasteiger partial charge on any atom is -0.489 e. The lowest BCUT2D eigenvalue weighted by Crippen LogP contribution is -2.21. The van der Waals surface area contributed by atoms with Crippen molar-refractivity contribution in [2.45, 2.75) is 38.5 Å². The topological polar surface area (TPSA) is 99.6 Å². The predicted molar refractivity (Wildman–Crippen MR) is 134 cm³/mol. The number of aryl methyl sites for hydroxylation is 1. The van der Waals surface area contributed by atoms with Crippen molar-refractivity contribution in [2.75, 3.05) is 0 Å². The fourth-order valence-corrected chi connectivity index (χ4v) is 3.88. The van der Waals surface area contributed by atoms with Crippen molar-refractivity contribution in [1.29, 1.82) is 0 Å². The van der Waals surface area contributed by atoms with E-state index in [2.05, 4.69) is 4.98 Å². The van der Waals surface area contributed by atoms with E-state index in [0.717, 1.165) is 28.4 Å². The van der Waals surface area contributed by atoms with Gasteiger partial charge in [0.1, 0.15) is 29.5 Å². The Morgan fingerprint density at radius 1 is 1.00 bits per heavy atom. The van der Waals surface area contributed by atoms with Crippen LogP contribution < -0.4 is 15.2 Å². The molecule has 0 bridgehead atoms. The lowest BCUT2D eigenvalue weighted by atomic mass is 10.0. The van der Waals surface area contributed by atoms with Gasteiger partial charge >= 0.3 is 0 Å². The number of imidazole rings is 1. The highest BCUT2D eigenvalue weighted by Gasteiger charge is 2.19. The molecule has 4 rings (SSSR count). The third-order valence-corrected chi connectivity index (χ3v) is 5.77. The zero-order valence-corrected chi connectivity index (χ0v) is 19.6. The van der Waals surface area contributed by atoms with Crippen LogP contribution in [0.25, 0.3) is 0 Å². The van der Waals surface area contributed by atoms with Gasteiger partial charge in [0.05, 0.1) is 18.5 Å². The molecule has 0 spiro atoms. The number of benzene rings is 3. The first-order valence-corrected chi connectivity index (χ1v) is 11.5. The second kappa shape index (κ2) is 11.4. The molecule has 7 heteroatoms. The van der Waals surface area contributed by atoms with Crippen LogP contribution in [0.1, 0.15) is 41.0 Å². The molecule has 2 atom stereocenters. The quantitative estimate of drug-likeness (QED) is 0.324. The van der Waals surface area contributed by atoms with Crippen molar-refractivity contribution < 1.29 is 19.4 Å². The number of amides is 1. The number of para-hydroxylation sites is 2. The van der Waals surface area contributed by atoms with Gasteiger partial charge in [-0.15, -0.1) is 0 Å². The molecule has 1 amide bonds. The molecule has 0 unspecified atom stereocenters. The second-order valence-corrected chi connectivity index (χ2v) is 8.37. The maximum atomic E-state index is 11.4. The minimum absolute atomic E-state index is 0.180. The van der Waals surface area contributed by atoms with Crippen molar-refractivity contribution in [1.82, 2.24) is 9.55 Å². The summed E-state index contributed by atoms with van der Waals surface area (Å²) in [7, 11) is 0. The van der Waals surface area contributed by atoms with Crippen molar-refractivity contribution in [3.05, 3.63) is 108 Å². The van der Waals surface area contributed by atoms with E-state index in [-0.39, 0.29) is 11.7 Å². The largest absolute Gasteiger partial charge is 0.489 e. The summed E-state index contributed by atoms with van der Waals surface area (Å²) in [4.78, 5) is 15.4. The number of rotatable bonds is 11. The summed E-state index contributed by atoms with van der Waals surface area (Å²) in [6.07, 6.45) is 3.80. The van der Waals surface area contributed by atoms with Gasteiger partial charge in [0.25, 0.3) is 5.91 Å². The second-order valence-electron chi connectivity index (χ2n) is 8.37. The Balaban J connectivity index is 1.37. The average molecular weight is 472 g/mol. The number of aliphatic hydroxyl groups excluding tert-OH is 1. The lowest BCUT2D eigenvalue weighted by Gasteiger charge is -2.22. The van der Waals surface area contributed by atoms with Gasteiger partial charge in [0.2, 0.25) is 0 Å². The Kier molecular flexibility index (Phi) is 7.80. The van der Waals surface area contributed by atoms with Crippen molar-refractivity contribution >= 4 is 5.91 Å². The molecule has 35 heavy (non-hydrogen) atoms. The summed E-state index contributed by atoms with van der Waals surface area (Å²) < 4.78 is 13.7. The number of nitrogens with zero attached hydrogens (tertiary/aromatic N) is 2. The third-order valence-electron chi connectivity index (χ3n) is 5.77. The van der Waals surface area contributed by atoms with Gasteiger partial charge in [-0.1, -0.05) is 48.5 Å². The highest BCUT2D eigenvalue weighted by atomic mass is 16.5. The first-order valence-electron chi connectivity index (χ1n) is 11.5. The Hall–Kier alpha value is -4.10. The molecular weight excluding hydrogens is 442 g/mol. The molecule has 1 aromatic heterocycles. The third kappa shape index (κ3) is 6.49. The van der Waals surface area contributed by atoms with E-state index in [1.165, 1.54) is 6.33 Å². The van der Waals surface area contributed by atoms with Crippen LogP contribution >= 0.6 is 0 Å². The molecular formula is C28H29N3O4. The predicted octanol–water partition coefficient (Wildman–Crippen LogP) is 4.91. The van der Waals surface area contributed by atoms with Gasteiger partial charge in [-0.25, -0.2) is 4.98 Å². The van der Waals surface area contributed by atoms with E-state index >= 15 is 0 Å². The van der Waals surface area contributed by atoms with Gasteiger partial charge in [0, 0.05) is 6.20 Å². The standard InChI is InChI=1S/C28H29N3O4/c1-20(32)26(31-17-25(28(29)33)30-19-31)16-13-22-7-5-6-10-27(22)34-18-21-11-14-24(15-12-21)35-23-8-3-2-4-9-23/h2-12,14-15,17,19-20,26,32H,13,16,18H2,1H3,(H2,29,33)/t20-,26+/m0/s1. The number of carbonyl (C=O) groups excluding carboxylic acids is 1. The first kappa shape index (κ1) is 24.0. The molecule has 1 heterocycles. The lowest BCUT2D eigenvalue weighted by molar-refractivity contribution is 0.0994. The van der Waals surface area contributed by atoms with E-state index in [4.69, 9.17) is 15.2 Å². The summed E-state index contributed by atoms with van der Waals surface area (Å²) in [5.74, 6) is 1.77. The maximum absolute atomic E-state index is 11.4. The maximum Gasteiger partial charge on any atom is 0.268 e. The number of hydrogen-bond donors (Lipinski definition) is 2. The molecule has 0 saturated carbocycles. The van der Waals surface area contributed by atoms with Crippen LogP contribution in [0.4, 0.5) is 0 Å². The zero-order chi connectivity index (χ0) is 24.6. The average Bonchev–Trinajstić information content (AvgIpc) is 3.35. The van der Waals surface area contributed by atoms with Gasteiger partial charge in [-0.3, -0.25) is 4.79 Å². The minimum atomic E-state index is -0.630. The summed E-state index contributed by atoms with van der Waals surface area (Å²) in [6.45, 7) is 2.15.